The predicted molar refractivity (Wildman–Crippen MR) is 118 cm³/mol. The molecule has 1 aromatic carbocycles. The molecule has 2 N–H and O–H groups in total. The van der Waals surface area contributed by atoms with E-state index in [0.29, 0.717) is 40.8 Å². The van der Waals surface area contributed by atoms with Gasteiger partial charge >= 0.3 is 0 Å². The lowest BCUT2D eigenvalue weighted by molar-refractivity contribution is -0.118. The normalized spacial score (nSPS) is 11.7. The second kappa shape index (κ2) is 9.25. The van der Waals surface area contributed by atoms with Gasteiger partial charge in [0.05, 0.1) is 16.1 Å². The number of carbonyl (C=O) groups is 1. The molecule has 0 aliphatic rings. The van der Waals surface area contributed by atoms with E-state index < -0.39 is 10.0 Å². The quantitative estimate of drug-likeness (QED) is 0.494. The maximum absolute atomic E-state index is 13.1. The Morgan fingerprint density at radius 2 is 1.93 bits per heavy atom. The number of sulfonamides is 1. The van der Waals surface area contributed by atoms with Crippen LogP contribution in [0.4, 0.5) is 0 Å². The Hall–Kier alpha value is -2.27. The molecule has 0 fully saturated rings. The molecule has 1 amide bonds. The fourth-order valence-electron chi connectivity index (χ4n) is 2.90. The second-order valence-electron chi connectivity index (χ2n) is 6.62. The average Bonchev–Trinajstić information content (AvgIpc) is 3.11. The van der Waals surface area contributed by atoms with E-state index >= 15 is 0 Å². The number of para-hydroxylation sites is 1. The number of amides is 1. The van der Waals surface area contributed by atoms with Gasteiger partial charge in [-0.05, 0) is 38.0 Å². The van der Waals surface area contributed by atoms with Crippen LogP contribution in [0.1, 0.15) is 25.6 Å². The fourth-order valence-corrected chi connectivity index (χ4v) is 5.60. The Kier molecular flexibility index (Phi) is 6.91. The third-order valence-electron chi connectivity index (χ3n) is 4.34. The first-order chi connectivity index (χ1) is 14.2. The highest BCUT2D eigenvalue weighted by atomic mass is 35.5. The molecule has 8 nitrogen and oxygen atoms in total. The first-order valence-electron chi connectivity index (χ1n) is 9.23. The first kappa shape index (κ1) is 22.4. The van der Waals surface area contributed by atoms with Gasteiger partial charge < -0.3 is 5.32 Å². The third-order valence-corrected chi connectivity index (χ3v) is 7.62. The van der Waals surface area contributed by atoms with Gasteiger partial charge in [0, 0.05) is 20.0 Å². The van der Waals surface area contributed by atoms with Crippen LogP contribution < -0.4 is 15.6 Å². The van der Waals surface area contributed by atoms with Crippen LogP contribution in [0, 0.1) is 6.92 Å². The molecule has 11 heteroatoms. The fraction of sp³-hybridized carbons (Fsp3) is 0.316. The van der Waals surface area contributed by atoms with Crippen molar-refractivity contribution in [2.24, 2.45) is 0 Å². The second-order valence-corrected chi connectivity index (χ2v) is 10.1. The summed E-state index contributed by atoms with van der Waals surface area (Å²) in [5.74, 6) is 0.295. The number of hydrogen-bond donors (Lipinski definition) is 2. The Bertz CT molecular complexity index is 1250. The largest absolute Gasteiger partial charge is 0.356 e. The maximum atomic E-state index is 13.1. The van der Waals surface area contributed by atoms with Crippen LogP contribution in [0.2, 0.25) is 5.02 Å². The summed E-state index contributed by atoms with van der Waals surface area (Å²) in [5, 5.41) is 3.27. The average molecular weight is 469 g/mol. The van der Waals surface area contributed by atoms with Gasteiger partial charge in [-0.1, -0.05) is 23.7 Å². The molecule has 0 bridgehead atoms. The molecular formula is C19H21ClN4O4S2. The zero-order valence-corrected chi connectivity index (χ0v) is 18.8. The Morgan fingerprint density at radius 1 is 1.23 bits per heavy atom. The molecule has 3 rings (SSSR count). The van der Waals surface area contributed by atoms with E-state index in [1.54, 1.807) is 31.2 Å². The number of carbonyl (C=O) groups excluding carboxylic acids is 1. The van der Waals surface area contributed by atoms with Gasteiger partial charge in [0.15, 0.2) is 0 Å². The van der Waals surface area contributed by atoms with Crippen molar-refractivity contribution in [1.82, 2.24) is 19.6 Å². The lowest BCUT2D eigenvalue weighted by atomic mass is 10.3. The molecule has 160 valence electrons. The third kappa shape index (κ3) is 4.89. The summed E-state index contributed by atoms with van der Waals surface area (Å²) in [6, 6.07) is 8.25. The van der Waals surface area contributed by atoms with Gasteiger partial charge in [0.2, 0.25) is 15.9 Å². The van der Waals surface area contributed by atoms with Crippen LogP contribution in [0.15, 0.2) is 39.3 Å². The topological polar surface area (TPSA) is 110 Å². The Labute approximate surface area is 183 Å². The Morgan fingerprint density at radius 3 is 2.63 bits per heavy atom. The molecule has 3 aromatic rings. The van der Waals surface area contributed by atoms with Crippen molar-refractivity contribution in [2.45, 2.75) is 30.9 Å². The number of benzene rings is 1. The number of rotatable bonds is 8. The van der Waals surface area contributed by atoms with Gasteiger partial charge in [-0.25, -0.2) is 18.1 Å². The van der Waals surface area contributed by atoms with Crippen molar-refractivity contribution in [3.63, 3.8) is 0 Å². The van der Waals surface area contributed by atoms with Gasteiger partial charge in [-0.3, -0.25) is 14.2 Å². The molecule has 0 saturated heterocycles. The van der Waals surface area contributed by atoms with Gasteiger partial charge in [-0.15, -0.1) is 11.3 Å². The summed E-state index contributed by atoms with van der Waals surface area (Å²) < 4.78 is 29.2. The molecule has 0 aliphatic carbocycles. The van der Waals surface area contributed by atoms with E-state index in [1.165, 1.54) is 17.6 Å². The van der Waals surface area contributed by atoms with E-state index in [4.69, 9.17) is 11.6 Å². The summed E-state index contributed by atoms with van der Waals surface area (Å²) in [6.45, 7) is 3.82. The number of hydrogen-bond acceptors (Lipinski definition) is 6. The molecule has 0 aliphatic heterocycles. The van der Waals surface area contributed by atoms with Crippen molar-refractivity contribution >= 4 is 49.1 Å². The number of nitrogens with zero attached hydrogens (tertiary/aromatic N) is 2. The minimum Gasteiger partial charge on any atom is -0.356 e. The zero-order valence-electron chi connectivity index (χ0n) is 16.4. The van der Waals surface area contributed by atoms with Gasteiger partial charge in [-0.2, -0.15) is 0 Å². The van der Waals surface area contributed by atoms with E-state index in [9.17, 15) is 18.0 Å². The molecule has 30 heavy (non-hydrogen) atoms. The van der Waals surface area contributed by atoms with Gasteiger partial charge in [0.25, 0.3) is 5.56 Å². The number of fused-ring (bicyclic) bond motifs is 1. The molecule has 2 heterocycles. The van der Waals surface area contributed by atoms with Crippen molar-refractivity contribution in [3.8, 4) is 5.69 Å². The van der Waals surface area contributed by atoms with Crippen LogP contribution in [0.5, 0.6) is 0 Å². The summed E-state index contributed by atoms with van der Waals surface area (Å²) in [7, 11) is -3.77. The molecule has 0 radical (unpaired) electrons. The summed E-state index contributed by atoms with van der Waals surface area (Å²) in [5.41, 5.74) is 0.113. The number of nitrogens with one attached hydrogen (secondary N) is 2. The highest BCUT2D eigenvalue weighted by Gasteiger charge is 2.21. The van der Waals surface area contributed by atoms with E-state index in [1.807, 2.05) is 0 Å². The van der Waals surface area contributed by atoms with Crippen LogP contribution in [-0.4, -0.2) is 37.0 Å². The van der Waals surface area contributed by atoms with Crippen molar-refractivity contribution < 1.29 is 13.2 Å². The minimum absolute atomic E-state index is 0.0280. The molecular weight excluding hydrogens is 448 g/mol. The summed E-state index contributed by atoms with van der Waals surface area (Å²) in [6.07, 6.45) is 1.22. The van der Waals surface area contributed by atoms with E-state index in [-0.39, 0.29) is 27.6 Å². The lowest BCUT2D eigenvalue weighted by Gasteiger charge is -2.10. The number of aryl methyl sites for hydroxylation is 1. The van der Waals surface area contributed by atoms with Crippen LogP contribution in [-0.2, 0) is 14.8 Å². The van der Waals surface area contributed by atoms with Crippen LogP contribution in [0.25, 0.3) is 15.9 Å². The number of halogens is 1. The standard InChI is InChI=1S/C19H21ClN4O4S2/c1-12-23-18-14(19(26)24(12)16-8-4-3-7-15(16)20)11-17(29-18)30(27,28)22-10-6-5-9-21-13(2)25/h3-4,7-8,11,22H,5-6,9-10H2,1-2H3,(H,21,25). The van der Waals surface area contributed by atoms with Crippen molar-refractivity contribution in [1.29, 1.82) is 0 Å². The van der Waals surface area contributed by atoms with E-state index in [0.717, 1.165) is 11.3 Å². The molecule has 0 saturated carbocycles. The molecule has 0 unspecified atom stereocenters. The van der Waals surface area contributed by atoms with Crippen molar-refractivity contribution in [2.75, 3.05) is 13.1 Å². The Balaban J connectivity index is 1.85. The monoisotopic (exact) mass is 468 g/mol. The smallest absolute Gasteiger partial charge is 0.266 e. The zero-order chi connectivity index (χ0) is 21.9. The highest BCUT2D eigenvalue weighted by Crippen LogP contribution is 2.27. The van der Waals surface area contributed by atoms with Crippen LogP contribution >= 0.6 is 22.9 Å². The number of unbranched alkanes of at least 4 members (excludes halogenated alkanes) is 1. The van der Waals surface area contributed by atoms with E-state index in [2.05, 4.69) is 15.0 Å². The number of thiophene rings is 1. The van der Waals surface area contributed by atoms with Gasteiger partial charge in [0.1, 0.15) is 14.9 Å². The maximum Gasteiger partial charge on any atom is 0.266 e. The van der Waals surface area contributed by atoms with Crippen LogP contribution in [0.3, 0.4) is 0 Å². The first-order valence-corrected chi connectivity index (χ1v) is 11.9. The number of aromatic nitrogens is 2. The molecule has 0 spiro atoms. The summed E-state index contributed by atoms with van der Waals surface area (Å²) >= 11 is 7.18. The molecule has 2 aromatic heterocycles. The highest BCUT2D eigenvalue weighted by molar-refractivity contribution is 7.91. The lowest BCUT2D eigenvalue weighted by Crippen LogP contribution is -2.26. The molecule has 0 atom stereocenters. The minimum atomic E-state index is -3.77. The van der Waals surface area contributed by atoms with Crippen molar-refractivity contribution in [3.05, 3.63) is 51.5 Å². The predicted octanol–water partition coefficient (Wildman–Crippen LogP) is 2.60. The SMILES string of the molecule is CC(=O)NCCCCNS(=O)(=O)c1cc2c(=O)n(-c3ccccc3Cl)c(C)nc2s1. The summed E-state index contributed by atoms with van der Waals surface area (Å²) in [4.78, 5) is 28.6.